The van der Waals surface area contributed by atoms with E-state index in [1.807, 2.05) is 71.0 Å². The van der Waals surface area contributed by atoms with E-state index in [1.165, 1.54) is 11.8 Å². The largest absolute Gasteiger partial charge is 0.457 e. The molecule has 192 valence electrons. The van der Waals surface area contributed by atoms with Gasteiger partial charge in [-0.15, -0.1) is 0 Å². The molecule has 3 aromatic rings. The Bertz CT molecular complexity index is 1440. The Balaban J connectivity index is 1.41. The van der Waals surface area contributed by atoms with Crippen LogP contribution in [0.15, 0.2) is 106 Å². The van der Waals surface area contributed by atoms with Gasteiger partial charge in [-0.2, -0.15) is 0 Å². The Kier molecular flexibility index (Phi) is 7.91. The van der Waals surface area contributed by atoms with Gasteiger partial charge in [0.15, 0.2) is 5.17 Å². The lowest BCUT2D eigenvalue weighted by molar-refractivity contribution is -0.141. The number of esters is 1. The predicted octanol–water partition coefficient (Wildman–Crippen LogP) is 5.76. The van der Waals surface area contributed by atoms with Gasteiger partial charge >= 0.3 is 5.97 Å². The maximum Gasteiger partial charge on any atom is 0.338 e. The standard InChI is InChI=1S/C29H25ClN4O3S/c1-19-26(28(36)37-17-20-8-3-2-4-9-20)27(23-11-5-6-12-24(23)30)34-22(18-38-29(34)33-19)14-25(35)32-16-21-10-7-13-31-15-21/h2-13,15,18,27H,14,16-17H2,1H3,(H,32,35). The van der Waals surface area contributed by atoms with Gasteiger partial charge in [-0.05, 0) is 41.2 Å². The number of carbonyl (C=O) groups is 2. The molecular weight excluding hydrogens is 520 g/mol. The van der Waals surface area contributed by atoms with E-state index in [0.29, 0.717) is 28.0 Å². The Labute approximate surface area is 230 Å². The zero-order chi connectivity index (χ0) is 26.5. The van der Waals surface area contributed by atoms with Gasteiger partial charge in [0.05, 0.1) is 23.7 Å². The van der Waals surface area contributed by atoms with E-state index in [1.54, 1.807) is 25.4 Å². The summed E-state index contributed by atoms with van der Waals surface area (Å²) in [5, 5.41) is 6.04. The molecule has 2 aliphatic rings. The number of benzene rings is 2. The third-order valence-corrected chi connectivity index (χ3v) is 7.42. The molecule has 1 aromatic heterocycles. The van der Waals surface area contributed by atoms with Crippen LogP contribution in [0.25, 0.3) is 0 Å². The summed E-state index contributed by atoms with van der Waals surface area (Å²) in [6, 6.07) is 20.0. The second kappa shape index (κ2) is 11.7. The van der Waals surface area contributed by atoms with Crippen molar-refractivity contribution in [2.24, 2.45) is 4.99 Å². The number of fused-ring (bicyclic) bond motifs is 1. The highest BCUT2D eigenvalue weighted by atomic mass is 35.5. The molecule has 0 saturated heterocycles. The number of amidine groups is 1. The number of pyridine rings is 1. The number of thioether (sulfide) groups is 1. The zero-order valence-corrected chi connectivity index (χ0v) is 22.2. The summed E-state index contributed by atoms with van der Waals surface area (Å²) in [6.07, 6.45) is 3.52. The molecule has 0 spiro atoms. The number of nitrogens with one attached hydrogen (secondary N) is 1. The fourth-order valence-corrected chi connectivity index (χ4v) is 5.56. The highest BCUT2D eigenvalue weighted by Gasteiger charge is 2.41. The van der Waals surface area contributed by atoms with Crippen molar-refractivity contribution in [2.75, 3.05) is 0 Å². The van der Waals surface area contributed by atoms with Gasteiger partial charge in [-0.3, -0.25) is 9.78 Å². The summed E-state index contributed by atoms with van der Waals surface area (Å²) < 4.78 is 5.73. The first kappa shape index (κ1) is 25.8. The van der Waals surface area contributed by atoms with Crippen molar-refractivity contribution in [1.82, 2.24) is 15.2 Å². The van der Waals surface area contributed by atoms with Crippen LogP contribution in [0, 0.1) is 0 Å². The van der Waals surface area contributed by atoms with E-state index in [2.05, 4.69) is 10.3 Å². The number of allylic oxidation sites excluding steroid dienone is 1. The molecule has 1 atom stereocenters. The summed E-state index contributed by atoms with van der Waals surface area (Å²) in [5.74, 6) is -0.629. The lowest BCUT2D eigenvalue weighted by Gasteiger charge is -2.36. The summed E-state index contributed by atoms with van der Waals surface area (Å²) in [6.45, 7) is 2.31. The van der Waals surface area contributed by atoms with Crippen molar-refractivity contribution in [1.29, 1.82) is 0 Å². The summed E-state index contributed by atoms with van der Waals surface area (Å²) >= 11 is 8.07. The molecule has 2 aromatic carbocycles. The van der Waals surface area contributed by atoms with Crippen LogP contribution in [0.5, 0.6) is 0 Å². The fourth-order valence-electron chi connectivity index (χ4n) is 4.35. The summed E-state index contributed by atoms with van der Waals surface area (Å²) in [5.41, 5.74) is 4.20. The Hall–Kier alpha value is -3.88. The van der Waals surface area contributed by atoms with Crippen molar-refractivity contribution >= 4 is 40.4 Å². The highest BCUT2D eigenvalue weighted by molar-refractivity contribution is 8.16. The van der Waals surface area contributed by atoms with Crippen LogP contribution in [0.3, 0.4) is 0 Å². The third-order valence-electron chi connectivity index (χ3n) is 6.19. The minimum Gasteiger partial charge on any atom is -0.457 e. The molecule has 0 fully saturated rings. The number of hydrogen-bond acceptors (Lipinski definition) is 7. The van der Waals surface area contributed by atoms with Gasteiger partial charge in [-0.25, -0.2) is 9.79 Å². The van der Waals surface area contributed by atoms with Crippen LogP contribution >= 0.6 is 23.4 Å². The smallest absolute Gasteiger partial charge is 0.338 e. The van der Waals surface area contributed by atoms with Crippen LogP contribution in [0.2, 0.25) is 5.02 Å². The Morgan fingerprint density at radius 1 is 1.05 bits per heavy atom. The van der Waals surface area contributed by atoms with Crippen LogP contribution in [0.4, 0.5) is 0 Å². The third kappa shape index (κ3) is 5.66. The van der Waals surface area contributed by atoms with Gasteiger partial charge in [-0.1, -0.05) is 78.0 Å². The van der Waals surface area contributed by atoms with Gasteiger partial charge in [0.1, 0.15) is 6.61 Å². The topological polar surface area (TPSA) is 83.9 Å². The summed E-state index contributed by atoms with van der Waals surface area (Å²) in [4.78, 5) is 37.2. The molecule has 3 heterocycles. The monoisotopic (exact) mass is 544 g/mol. The number of aromatic nitrogens is 1. The first-order chi connectivity index (χ1) is 18.5. The van der Waals surface area contributed by atoms with Crippen molar-refractivity contribution in [2.45, 2.75) is 32.5 Å². The number of carbonyl (C=O) groups excluding carboxylic acids is 2. The SMILES string of the molecule is CC1=C(C(=O)OCc2ccccc2)C(c2ccccc2Cl)N2C(CC(=O)NCc3cccnc3)=CSC2=N1. The minimum atomic E-state index is -0.591. The Morgan fingerprint density at radius 2 is 1.82 bits per heavy atom. The average Bonchev–Trinajstić information content (AvgIpc) is 3.33. The Morgan fingerprint density at radius 3 is 2.58 bits per heavy atom. The molecule has 1 N–H and O–H groups in total. The quantitative estimate of drug-likeness (QED) is 0.363. The number of ether oxygens (including phenoxy) is 1. The maximum atomic E-state index is 13.5. The van der Waals surface area contributed by atoms with E-state index in [0.717, 1.165) is 22.4 Å². The highest BCUT2D eigenvalue weighted by Crippen LogP contribution is 2.46. The van der Waals surface area contributed by atoms with Crippen molar-refractivity contribution < 1.29 is 14.3 Å². The van der Waals surface area contributed by atoms with Crippen LogP contribution in [0.1, 0.15) is 36.1 Å². The van der Waals surface area contributed by atoms with E-state index >= 15 is 0 Å². The lowest BCUT2D eigenvalue weighted by atomic mass is 9.93. The number of halogens is 1. The van der Waals surface area contributed by atoms with Crippen LogP contribution in [-0.4, -0.2) is 26.9 Å². The number of nitrogens with zero attached hydrogens (tertiary/aromatic N) is 3. The normalized spacial score (nSPS) is 16.5. The predicted molar refractivity (Wildman–Crippen MR) is 149 cm³/mol. The molecule has 0 aliphatic carbocycles. The van der Waals surface area contributed by atoms with Crippen molar-refractivity contribution in [3.63, 3.8) is 0 Å². The molecule has 38 heavy (non-hydrogen) atoms. The second-order valence-corrected chi connectivity index (χ2v) is 10.0. The van der Waals surface area contributed by atoms with E-state index in [-0.39, 0.29) is 18.9 Å². The number of amides is 1. The lowest BCUT2D eigenvalue weighted by Crippen LogP contribution is -2.38. The maximum absolute atomic E-state index is 13.5. The van der Waals surface area contributed by atoms with E-state index in [9.17, 15) is 9.59 Å². The van der Waals surface area contributed by atoms with Crippen LogP contribution < -0.4 is 5.32 Å². The molecule has 9 heteroatoms. The number of hydrogen-bond donors (Lipinski definition) is 1. The van der Waals surface area contributed by atoms with Crippen molar-refractivity contribution in [3.05, 3.63) is 123 Å². The van der Waals surface area contributed by atoms with Crippen LogP contribution in [-0.2, 0) is 27.5 Å². The minimum absolute atomic E-state index is 0.110. The molecule has 5 rings (SSSR count). The van der Waals surface area contributed by atoms with E-state index < -0.39 is 12.0 Å². The molecule has 0 bridgehead atoms. The van der Waals surface area contributed by atoms with Gasteiger partial charge < -0.3 is 15.0 Å². The molecule has 7 nitrogen and oxygen atoms in total. The van der Waals surface area contributed by atoms with Gasteiger partial charge in [0.2, 0.25) is 5.91 Å². The molecule has 1 amide bonds. The molecule has 2 aliphatic heterocycles. The molecular formula is C29H25ClN4O3S. The molecule has 0 saturated carbocycles. The van der Waals surface area contributed by atoms with E-state index in [4.69, 9.17) is 21.3 Å². The molecule has 1 unspecified atom stereocenters. The zero-order valence-electron chi connectivity index (χ0n) is 20.6. The average molecular weight is 545 g/mol. The number of rotatable bonds is 8. The second-order valence-electron chi connectivity index (χ2n) is 8.79. The first-order valence-electron chi connectivity index (χ1n) is 12.1. The number of aliphatic imine (C=N–C) groups is 1. The van der Waals surface area contributed by atoms with Gasteiger partial charge in [0, 0.05) is 29.7 Å². The van der Waals surface area contributed by atoms with Crippen molar-refractivity contribution in [3.8, 4) is 0 Å². The summed E-state index contributed by atoms with van der Waals surface area (Å²) in [7, 11) is 0. The fraction of sp³-hybridized carbons (Fsp3) is 0.172. The van der Waals surface area contributed by atoms with Gasteiger partial charge in [0.25, 0.3) is 0 Å². The molecule has 0 radical (unpaired) electrons. The first-order valence-corrected chi connectivity index (χ1v) is 13.3.